The number of carbonyl (C=O) groups is 1. The minimum absolute atomic E-state index is 0.173. The molecule has 0 unspecified atom stereocenters. The summed E-state index contributed by atoms with van der Waals surface area (Å²) in [6.45, 7) is 4.18. The van der Waals surface area contributed by atoms with Crippen molar-refractivity contribution in [1.29, 1.82) is 0 Å². The molecule has 2 rings (SSSR count). The van der Waals surface area contributed by atoms with Gasteiger partial charge in [0.05, 0.1) is 18.1 Å². The molecule has 0 aromatic carbocycles. The highest BCUT2D eigenvalue weighted by atomic mass is 16.5. The summed E-state index contributed by atoms with van der Waals surface area (Å²) in [6, 6.07) is 0. The molecule has 3 heteroatoms. The van der Waals surface area contributed by atoms with Crippen molar-refractivity contribution in [3.63, 3.8) is 0 Å². The molecule has 0 amide bonds. The number of aliphatic carboxylic acids is 1. The molecule has 1 N–H and O–H groups in total. The number of hydrogen-bond acceptors (Lipinski definition) is 2. The van der Waals surface area contributed by atoms with E-state index in [1.54, 1.807) is 0 Å². The third kappa shape index (κ3) is 1.44. The average Bonchev–Trinajstić information content (AvgIpc) is 2.43. The van der Waals surface area contributed by atoms with Crippen molar-refractivity contribution >= 4 is 5.97 Å². The molecule has 5 atom stereocenters. The van der Waals surface area contributed by atoms with E-state index < -0.39 is 5.97 Å². The van der Waals surface area contributed by atoms with Crippen LogP contribution in [0, 0.1) is 17.8 Å². The number of hydrogen-bond donors (Lipinski definition) is 1. The van der Waals surface area contributed by atoms with E-state index in [2.05, 4.69) is 13.8 Å². The second kappa shape index (κ2) is 3.54. The Bertz CT molecular complexity index is 239. The molecule has 0 aromatic rings. The number of carboxylic acid groups (broad SMARTS) is 1. The largest absolute Gasteiger partial charge is 0.481 e. The Labute approximate surface area is 84.4 Å². The second-order valence-electron chi connectivity index (χ2n) is 4.69. The van der Waals surface area contributed by atoms with Gasteiger partial charge in [-0.15, -0.1) is 0 Å². The molecule has 1 heterocycles. The predicted molar refractivity (Wildman–Crippen MR) is 52.0 cm³/mol. The van der Waals surface area contributed by atoms with E-state index in [9.17, 15) is 4.79 Å². The molecule has 2 fully saturated rings. The molecule has 14 heavy (non-hydrogen) atoms. The van der Waals surface area contributed by atoms with Crippen LogP contribution in [-0.2, 0) is 9.53 Å². The Morgan fingerprint density at radius 3 is 2.71 bits per heavy atom. The quantitative estimate of drug-likeness (QED) is 0.700. The molecule has 80 valence electrons. The van der Waals surface area contributed by atoms with Gasteiger partial charge in [-0.1, -0.05) is 6.92 Å². The van der Waals surface area contributed by atoms with Crippen LogP contribution in [0.25, 0.3) is 0 Å². The van der Waals surface area contributed by atoms with E-state index in [0.717, 1.165) is 19.3 Å². The first-order valence-electron chi connectivity index (χ1n) is 5.49. The smallest absolute Gasteiger partial charge is 0.306 e. The summed E-state index contributed by atoms with van der Waals surface area (Å²) in [5.74, 6) is -0.171. The fourth-order valence-corrected chi connectivity index (χ4v) is 3.05. The van der Waals surface area contributed by atoms with E-state index in [4.69, 9.17) is 9.84 Å². The molecule has 0 radical (unpaired) electrons. The van der Waals surface area contributed by atoms with E-state index in [1.165, 1.54) is 0 Å². The minimum Gasteiger partial charge on any atom is -0.481 e. The van der Waals surface area contributed by atoms with Crippen molar-refractivity contribution in [3.05, 3.63) is 0 Å². The second-order valence-corrected chi connectivity index (χ2v) is 4.69. The van der Waals surface area contributed by atoms with E-state index >= 15 is 0 Å². The molecule has 1 saturated carbocycles. The van der Waals surface area contributed by atoms with Crippen LogP contribution in [0.3, 0.4) is 0 Å². The third-order valence-electron chi connectivity index (χ3n) is 3.95. The first-order valence-corrected chi connectivity index (χ1v) is 5.49. The monoisotopic (exact) mass is 198 g/mol. The van der Waals surface area contributed by atoms with E-state index in [-0.39, 0.29) is 24.0 Å². The number of ether oxygens (including phenoxy) is 1. The van der Waals surface area contributed by atoms with Crippen molar-refractivity contribution < 1.29 is 14.6 Å². The zero-order valence-electron chi connectivity index (χ0n) is 8.77. The fraction of sp³-hybridized carbons (Fsp3) is 0.909. The van der Waals surface area contributed by atoms with Gasteiger partial charge < -0.3 is 9.84 Å². The van der Waals surface area contributed by atoms with Crippen LogP contribution >= 0.6 is 0 Å². The molecule has 1 aliphatic heterocycles. The molecule has 1 aliphatic carbocycles. The number of rotatable bonds is 1. The zero-order chi connectivity index (χ0) is 10.3. The van der Waals surface area contributed by atoms with Crippen LogP contribution in [0.1, 0.15) is 33.1 Å². The predicted octanol–water partition coefficient (Wildman–Crippen LogP) is 1.91. The summed E-state index contributed by atoms with van der Waals surface area (Å²) < 4.78 is 5.79. The van der Waals surface area contributed by atoms with Crippen LogP contribution in [-0.4, -0.2) is 23.3 Å². The number of carboxylic acids is 1. The Balaban J connectivity index is 2.18. The molecule has 1 saturated heterocycles. The Hall–Kier alpha value is -0.570. The van der Waals surface area contributed by atoms with Gasteiger partial charge in [-0.25, -0.2) is 0 Å². The van der Waals surface area contributed by atoms with Crippen molar-refractivity contribution in [3.8, 4) is 0 Å². The fourth-order valence-electron chi connectivity index (χ4n) is 3.05. The summed E-state index contributed by atoms with van der Waals surface area (Å²) in [7, 11) is 0. The highest BCUT2D eigenvalue weighted by Crippen LogP contribution is 2.44. The standard InChI is InChI=1S/C11H18O3/c1-6-7(2)14-9-5-3-4-8(10(6)9)11(12)13/h6-10H,3-5H2,1-2H3,(H,12,13)/t6-,7-,8-,9+,10-/m0/s1. The van der Waals surface area contributed by atoms with Crippen LogP contribution in [0.5, 0.6) is 0 Å². The highest BCUT2D eigenvalue weighted by molar-refractivity contribution is 5.70. The van der Waals surface area contributed by atoms with Crippen molar-refractivity contribution in [2.45, 2.75) is 45.3 Å². The lowest BCUT2D eigenvalue weighted by Gasteiger charge is -2.31. The molecular weight excluding hydrogens is 180 g/mol. The lowest BCUT2D eigenvalue weighted by Crippen LogP contribution is -2.36. The molecule has 0 aromatic heterocycles. The van der Waals surface area contributed by atoms with Crippen LogP contribution in [0.4, 0.5) is 0 Å². The lowest BCUT2D eigenvalue weighted by molar-refractivity contribution is -0.146. The third-order valence-corrected chi connectivity index (χ3v) is 3.95. The van der Waals surface area contributed by atoms with Crippen LogP contribution < -0.4 is 0 Å². The Morgan fingerprint density at radius 1 is 1.36 bits per heavy atom. The summed E-state index contributed by atoms with van der Waals surface area (Å²) >= 11 is 0. The van der Waals surface area contributed by atoms with Gasteiger partial charge in [0, 0.05) is 5.92 Å². The van der Waals surface area contributed by atoms with Gasteiger partial charge in [0.25, 0.3) is 0 Å². The van der Waals surface area contributed by atoms with Gasteiger partial charge in [0.2, 0.25) is 0 Å². The summed E-state index contributed by atoms with van der Waals surface area (Å²) in [6.07, 6.45) is 3.30. The summed E-state index contributed by atoms with van der Waals surface area (Å²) in [4.78, 5) is 11.1. The van der Waals surface area contributed by atoms with Crippen LogP contribution in [0.2, 0.25) is 0 Å². The Morgan fingerprint density at radius 2 is 2.07 bits per heavy atom. The van der Waals surface area contributed by atoms with Gasteiger partial charge in [0.15, 0.2) is 0 Å². The zero-order valence-corrected chi connectivity index (χ0v) is 8.77. The Kier molecular flexibility index (Phi) is 2.52. The van der Waals surface area contributed by atoms with Gasteiger partial charge in [0.1, 0.15) is 0 Å². The molecule has 0 bridgehead atoms. The molecule has 2 aliphatic rings. The van der Waals surface area contributed by atoms with Gasteiger partial charge in [-0.3, -0.25) is 4.79 Å². The van der Waals surface area contributed by atoms with Crippen molar-refractivity contribution in [2.75, 3.05) is 0 Å². The topological polar surface area (TPSA) is 46.5 Å². The maximum absolute atomic E-state index is 11.1. The minimum atomic E-state index is -0.635. The van der Waals surface area contributed by atoms with E-state index in [0.29, 0.717) is 5.92 Å². The maximum Gasteiger partial charge on any atom is 0.306 e. The highest BCUT2D eigenvalue weighted by Gasteiger charge is 2.47. The van der Waals surface area contributed by atoms with Crippen molar-refractivity contribution in [2.24, 2.45) is 17.8 Å². The van der Waals surface area contributed by atoms with Crippen LogP contribution in [0.15, 0.2) is 0 Å². The normalized spacial score (nSPS) is 47.4. The molecule has 0 spiro atoms. The summed E-state index contributed by atoms with van der Waals surface area (Å²) in [5, 5.41) is 9.13. The van der Waals surface area contributed by atoms with E-state index in [1.807, 2.05) is 0 Å². The average molecular weight is 198 g/mol. The summed E-state index contributed by atoms with van der Waals surface area (Å²) in [5.41, 5.74) is 0. The van der Waals surface area contributed by atoms with Crippen molar-refractivity contribution in [1.82, 2.24) is 0 Å². The first-order chi connectivity index (χ1) is 6.61. The lowest BCUT2D eigenvalue weighted by atomic mass is 9.72. The van der Waals surface area contributed by atoms with Gasteiger partial charge in [-0.2, -0.15) is 0 Å². The number of fused-ring (bicyclic) bond motifs is 1. The van der Waals surface area contributed by atoms with Gasteiger partial charge in [-0.05, 0) is 32.1 Å². The SMILES string of the molecule is C[C@@H]1[C@H]2[C@@H](C(=O)O)CCC[C@H]2O[C@H]1C. The molecular formula is C11H18O3. The van der Waals surface area contributed by atoms with Gasteiger partial charge >= 0.3 is 5.97 Å². The maximum atomic E-state index is 11.1. The first kappa shape index (κ1) is 9.97. The molecule has 3 nitrogen and oxygen atoms in total.